The van der Waals surface area contributed by atoms with E-state index in [1.54, 1.807) is 0 Å². The van der Waals surface area contributed by atoms with Gasteiger partial charge in [0.25, 0.3) is 0 Å². The Kier molecular flexibility index (Phi) is 4.25. The zero-order valence-corrected chi connectivity index (χ0v) is 7.99. The Morgan fingerprint density at radius 2 is 2.29 bits per heavy atom. The molecule has 3 nitrogen and oxygen atoms in total. The molecular weight excluding hydrogens is 176 g/mol. The number of hydrogen-bond donors (Lipinski definition) is 2. The van der Waals surface area contributed by atoms with E-state index in [4.69, 9.17) is 5.21 Å². The summed E-state index contributed by atoms with van der Waals surface area (Å²) in [5, 5.41) is 14.3. The molecule has 0 unspecified atom stereocenters. The van der Waals surface area contributed by atoms with Crippen LogP contribution < -0.4 is 5.32 Å². The van der Waals surface area contributed by atoms with Gasteiger partial charge in [0.05, 0.1) is 12.8 Å². The van der Waals surface area contributed by atoms with Crippen molar-refractivity contribution < 1.29 is 5.21 Å². The summed E-state index contributed by atoms with van der Waals surface area (Å²) in [6.45, 7) is 0.643. The van der Waals surface area contributed by atoms with E-state index in [0.717, 1.165) is 11.1 Å². The first-order chi connectivity index (χ1) is 6.88. The predicted molar refractivity (Wildman–Crippen MR) is 56.6 cm³/mol. The van der Waals surface area contributed by atoms with E-state index in [2.05, 4.69) is 22.3 Å². The van der Waals surface area contributed by atoms with Crippen molar-refractivity contribution in [1.82, 2.24) is 5.32 Å². The molecule has 0 aliphatic rings. The maximum Gasteiger partial charge on any atom is 0.0746 e. The third kappa shape index (κ3) is 2.92. The lowest BCUT2D eigenvalue weighted by Crippen LogP contribution is -2.04. The molecule has 2 N–H and O–H groups in total. The number of nitrogens with one attached hydrogen (secondary N) is 1. The van der Waals surface area contributed by atoms with Gasteiger partial charge in [0.1, 0.15) is 0 Å². The number of hydrogen-bond acceptors (Lipinski definition) is 3. The highest BCUT2D eigenvalue weighted by molar-refractivity contribution is 5.82. The number of benzene rings is 1. The minimum absolute atomic E-state index is 0.643. The van der Waals surface area contributed by atoms with Gasteiger partial charge >= 0.3 is 0 Å². The van der Waals surface area contributed by atoms with E-state index >= 15 is 0 Å². The van der Waals surface area contributed by atoms with Gasteiger partial charge in [-0.05, 0) is 13.1 Å². The maximum atomic E-state index is 8.42. The van der Waals surface area contributed by atoms with E-state index in [1.165, 1.54) is 6.21 Å². The second-order valence-electron chi connectivity index (χ2n) is 2.66. The Balaban J connectivity index is 2.91. The monoisotopic (exact) mass is 188 g/mol. The van der Waals surface area contributed by atoms with Gasteiger partial charge in [-0.25, -0.2) is 0 Å². The Hall–Kier alpha value is -1.79. The summed E-state index contributed by atoms with van der Waals surface area (Å²) < 4.78 is 0. The van der Waals surface area contributed by atoms with Crippen molar-refractivity contribution in [2.75, 3.05) is 13.6 Å². The molecule has 72 valence electrons. The van der Waals surface area contributed by atoms with Crippen molar-refractivity contribution in [2.24, 2.45) is 5.16 Å². The van der Waals surface area contributed by atoms with E-state index in [0.29, 0.717) is 6.54 Å². The normalized spacial score (nSPS) is 9.79. The highest BCUT2D eigenvalue weighted by atomic mass is 16.4. The number of nitrogens with zero attached hydrogens (tertiary/aromatic N) is 1. The largest absolute Gasteiger partial charge is 0.411 e. The lowest BCUT2D eigenvalue weighted by molar-refractivity contribution is 0.322. The molecule has 1 aromatic rings. The standard InChI is InChI=1S/C11H12N2O/c1-12-8-4-7-10-5-2-3-6-11(10)9-13-14/h2-3,5-6,9,12,14H,8H2,1H3. The Morgan fingerprint density at radius 1 is 1.50 bits per heavy atom. The van der Waals surface area contributed by atoms with Crippen LogP contribution in [0.4, 0.5) is 0 Å². The fourth-order valence-corrected chi connectivity index (χ4v) is 1.01. The number of oxime groups is 1. The zero-order valence-electron chi connectivity index (χ0n) is 7.99. The van der Waals surface area contributed by atoms with E-state index < -0.39 is 0 Å². The van der Waals surface area contributed by atoms with Crippen molar-refractivity contribution in [3.05, 3.63) is 35.4 Å². The molecule has 0 radical (unpaired) electrons. The molecule has 0 aromatic heterocycles. The van der Waals surface area contributed by atoms with Crippen LogP contribution in [-0.2, 0) is 0 Å². The second-order valence-corrected chi connectivity index (χ2v) is 2.66. The van der Waals surface area contributed by atoms with Crippen LogP contribution in [0.15, 0.2) is 29.4 Å². The van der Waals surface area contributed by atoms with Crippen LogP contribution in [0.5, 0.6) is 0 Å². The summed E-state index contributed by atoms with van der Waals surface area (Å²) in [4.78, 5) is 0. The van der Waals surface area contributed by atoms with Gasteiger partial charge in [-0.2, -0.15) is 0 Å². The van der Waals surface area contributed by atoms with Crippen molar-refractivity contribution >= 4 is 6.21 Å². The Bertz CT molecular complexity index is 374. The molecule has 0 saturated carbocycles. The van der Waals surface area contributed by atoms with Crippen LogP contribution >= 0.6 is 0 Å². The van der Waals surface area contributed by atoms with Crippen molar-refractivity contribution in [3.63, 3.8) is 0 Å². The van der Waals surface area contributed by atoms with Crippen LogP contribution in [0.3, 0.4) is 0 Å². The molecule has 0 bridgehead atoms. The van der Waals surface area contributed by atoms with E-state index in [-0.39, 0.29) is 0 Å². The molecule has 0 fully saturated rings. The molecule has 1 aromatic carbocycles. The third-order valence-corrected chi connectivity index (χ3v) is 1.65. The molecule has 3 heteroatoms. The van der Waals surface area contributed by atoms with Gasteiger partial charge in [0, 0.05) is 11.1 Å². The highest BCUT2D eigenvalue weighted by Crippen LogP contribution is 2.03. The van der Waals surface area contributed by atoms with Crippen LogP contribution in [0.25, 0.3) is 0 Å². The van der Waals surface area contributed by atoms with Crippen molar-refractivity contribution in [1.29, 1.82) is 0 Å². The minimum Gasteiger partial charge on any atom is -0.411 e. The van der Waals surface area contributed by atoms with Gasteiger partial charge in [0.15, 0.2) is 0 Å². The summed E-state index contributed by atoms with van der Waals surface area (Å²) in [5.74, 6) is 5.93. The summed E-state index contributed by atoms with van der Waals surface area (Å²) >= 11 is 0. The topological polar surface area (TPSA) is 44.6 Å². The molecule has 0 amide bonds. The van der Waals surface area contributed by atoms with E-state index in [9.17, 15) is 0 Å². The average molecular weight is 188 g/mol. The first-order valence-electron chi connectivity index (χ1n) is 4.28. The quantitative estimate of drug-likeness (QED) is 0.315. The highest BCUT2D eigenvalue weighted by Gasteiger charge is 1.93. The second kappa shape index (κ2) is 5.79. The fraction of sp³-hybridized carbons (Fsp3) is 0.182. The lowest BCUT2D eigenvalue weighted by Gasteiger charge is -1.95. The average Bonchev–Trinajstić information content (AvgIpc) is 2.21. The molecule has 1 rings (SSSR count). The van der Waals surface area contributed by atoms with Crippen LogP contribution in [-0.4, -0.2) is 25.0 Å². The van der Waals surface area contributed by atoms with Gasteiger partial charge < -0.3 is 10.5 Å². The Labute approximate surface area is 83.4 Å². The lowest BCUT2D eigenvalue weighted by atomic mass is 10.1. The molecule has 0 atom stereocenters. The molecule has 0 spiro atoms. The Morgan fingerprint density at radius 3 is 3.00 bits per heavy atom. The maximum absolute atomic E-state index is 8.42. The third-order valence-electron chi connectivity index (χ3n) is 1.65. The molecule has 0 aliphatic heterocycles. The summed E-state index contributed by atoms with van der Waals surface area (Å²) in [5.41, 5.74) is 1.68. The zero-order chi connectivity index (χ0) is 10.2. The van der Waals surface area contributed by atoms with Gasteiger partial charge in [-0.3, -0.25) is 0 Å². The molecule has 0 aliphatic carbocycles. The summed E-state index contributed by atoms with van der Waals surface area (Å²) in [6.07, 6.45) is 1.38. The predicted octanol–water partition coefficient (Wildman–Crippen LogP) is 1.07. The molecule has 0 saturated heterocycles. The summed E-state index contributed by atoms with van der Waals surface area (Å²) in [6, 6.07) is 7.52. The first kappa shape index (κ1) is 10.3. The summed E-state index contributed by atoms with van der Waals surface area (Å²) in [7, 11) is 1.84. The molecule has 14 heavy (non-hydrogen) atoms. The van der Waals surface area contributed by atoms with Crippen molar-refractivity contribution in [2.45, 2.75) is 0 Å². The van der Waals surface area contributed by atoms with Gasteiger partial charge in [-0.15, -0.1) is 0 Å². The van der Waals surface area contributed by atoms with Crippen LogP contribution in [0.1, 0.15) is 11.1 Å². The van der Waals surface area contributed by atoms with Gasteiger partial charge in [0.2, 0.25) is 0 Å². The molecule has 0 heterocycles. The van der Waals surface area contributed by atoms with Crippen LogP contribution in [0.2, 0.25) is 0 Å². The fourth-order valence-electron chi connectivity index (χ4n) is 1.01. The van der Waals surface area contributed by atoms with Crippen LogP contribution in [0, 0.1) is 11.8 Å². The first-order valence-corrected chi connectivity index (χ1v) is 4.28. The smallest absolute Gasteiger partial charge is 0.0746 e. The minimum atomic E-state index is 0.643. The number of rotatable bonds is 2. The molecular formula is C11H12N2O. The SMILES string of the molecule is CNCC#Cc1ccccc1C=NO. The van der Waals surface area contributed by atoms with Crippen molar-refractivity contribution in [3.8, 4) is 11.8 Å². The van der Waals surface area contributed by atoms with Gasteiger partial charge in [-0.1, -0.05) is 35.2 Å². The van der Waals surface area contributed by atoms with E-state index in [1.807, 2.05) is 31.3 Å².